The van der Waals surface area contributed by atoms with Gasteiger partial charge < -0.3 is 19.1 Å². The number of nitrogens with zero attached hydrogens (tertiary/aromatic N) is 2. The van der Waals surface area contributed by atoms with Crippen molar-refractivity contribution >= 4 is 11.9 Å². The second kappa shape index (κ2) is 11.4. The number of para-hydroxylation sites is 2. The normalized spacial score (nSPS) is 20.8. The number of benzene rings is 2. The summed E-state index contributed by atoms with van der Waals surface area (Å²) in [5, 5.41) is 3.11. The number of hydroxylamine groups is 4. The molecule has 0 aromatic heterocycles. The maximum atomic E-state index is 12.3. The van der Waals surface area contributed by atoms with Crippen LogP contribution >= 0.6 is 0 Å². The lowest BCUT2D eigenvalue weighted by Gasteiger charge is -2.18. The number of methoxy groups -OCH3 is 2. The number of hydrogen-bond donors (Lipinski definition) is 0. The summed E-state index contributed by atoms with van der Waals surface area (Å²) in [5.41, 5.74) is 2.25. The largest absolute Gasteiger partial charge is 0.496 e. The van der Waals surface area contributed by atoms with Gasteiger partial charge in [-0.25, -0.2) is 9.59 Å². The van der Waals surface area contributed by atoms with Gasteiger partial charge in [-0.3, -0.25) is 0 Å². The van der Waals surface area contributed by atoms with Gasteiger partial charge in [0.05, 0.1) is 14.2 Å². The number of hydrogen-bond acceptors (Lipinski definition) is 8. The third-order valence-electron chi connectivity index (χ3n) is 6.49. The molecule has 2 aromatic rings. The van der Waals surface area contributed by atoms with Gasteiger partial charge in [0.15, 0.2) is 0 Å². The van der Waals surface area contributed by atoms with Crippen LogP contribution in [0.3, 0.4) is 0 Å². The Morgan fingerprint density at radius 1 is 0.735 bits per heavy atom. The van der Waals surface area contributed by atoms with E-state index in [1.807, 2.05) is 48.5 Å². The van der Waals surface area contributed by atoms with Crippen LogP contribution in [0.1, 0.15) is 24.0 Å². The first kappa shape index (κ1) is 24.0. The molecule has 2 aromatic carbocycles. The average molecular weight is 469 g/mol. The molecular formula is C26H32N2O6. The van der Waals surface area contributed by atoms with E-state index in [4.69, 9.17) is 19.1 Å². The fourth-order valence-electron chi connectivity index (χ4n) is 4.77. The molecule has 2 aliphatic heterocycles. The van der Waals surface area contributed by atoms with Gasteiger partial charge in [0.2, 0.25) is 0 Å². The van der Waals surface area contributed by atoms with E-state index in [-0.39, 0.29) is 0 Å². The molecule has 2 atom stereocenters. The molecule has 8 heteroatoms. The monoisotopic (exact) mass is 468 g/mol. The number of carbonyl (C=O) groups excluding carboxylic acids is 2. The van der Waals surface area contributed by atoms with E-state index in [0.29, 0.717) is 38.0 Å². The molecule has 182 valence electrons. The van der Waals surface area contributed by atoms with Gasteiger partial charge in [-0.05, 0) is 60.8 Å². The van der Waals surface area contributed by atoms with E-state index in [1.165, 1.54) is 0 Å². The summed E-state index contributed by atoms with van der Waals surface area (Å²) in [7, 11) is 3.32. The van der Waals surface area contributed by atoms with Crippen LogP contribution in [0, 0.1) is 11.8 Å². The van der Waals surface area contributed by atoms with Gasteiger partial charge in [0, 0.05) is 26.2 Å². The maximum absolute atomic E-state index is 12.3. The van der Waals surface area contributed by atoms with Crippen molar-refractivity contribution in [2.45, 2.75) is 25.7 Å². The summed E-state index contributed by atoms with van der Waals surface area (Å²) in [5.74, 6) is 0.383. The predicted octanol–water partition coefficient (Wildman–Crippen LogP) is 3.05. The molecule has 0 N–H and O–H groups in total. The van der Waals surface area contributed by atoms with Gasteiger partial charge in [0.1, 0.15) is 11.5 Å². The molecule has 2 aliphatic rings. The molecule has 4 rings (SSSR count). The van der Waals surface area contributed by atoms with E-state index in [1.54, 1.807) is 24.3 Å². The van der Waals surface area contributed by atoms with Crippen LogP contribution in [-0.4, -0.2) is 62.5 Å². The highest BCUT2D eigenvalue weighted by molar-refractivity contribution is 6.29. The van der Waals surface area contributed by atoms with Crippen LogP contribution in [0.2, 0.25) is 0 Å². The molecule has 2 saturated heterocycles. The Morgan fingerprint density at radius 3 is 1.56 bits per heavy atom. The quantitative estimate of drug-likeness (QED) is 0.547. The maximum Gasteiger partial charge on any atom is 0.438 e. The molecule has 0 saturated carbocycles. The number of carbonyl (C=O) groups is 2. The van der Waals surface area contributed by atoms with Gasteiger partial charge in [0.25, 0.3) is 0 Å². The second-order valence-electron chi connectivity index (χ2n) is 8.87. The zero-order valence-electron chi connectivity index (χ0n) is 19.8. The predicted molar refractivity (Wildman–Crippen MR) is 125 cm³/mol. The lowest BCUT2D eigenvalue weighted by molar-refractivity contribution is -0.213. The van der Waals surface area contributed by atoms with E-state index in [0.717, 1.165) is 48.3 Å². The Morgan fingerprint density at radius 2 is 1.15 bits per heavy atom. The Bertz CT molecular complexity index is 917. The zero-order valence-corrected chi connectivity index (χ0v) is 19.8. The van der Waals surface area contributed by atoms with Crippen LogP contribution in [-0.2, 0) is 32.1 Å². The molecule has 2 fully saturated rings. The zero-order chi connectivity index (χ0) is 23.9. The molecule has 2 unspecified atom stereocenters. The van der Waals surface area contributed by atoms with Crippen LogP contribution < -0.4 is 9.47 Å². The SMILES string of the molecule is COc1ccccc1CC1CCN(OC(=O)C(=O)ON2CCC(Cc3ccccc3OC)C2)C1. The summed E-state index contributed by atoms with van der Waals surface area (Å²) in [4.78, 5) is 35.2. The van der Waals surface area contributed by atoms with Gasteiger partial charge in [-0.1, -0.05) is 36.4 Å². The average Bonchev–Trinajstić information content (AvgIpc) is 3.48. The van der Waals surface area contributed by atoms with E-state index >= 15 is 0 Å². The van der Waals surface area contributed by atoms with Gasteiger partial charge in [-0.2, -0.15) is 0 Å². The van der Waals surface area contributed by atoms with Crippen LogP contribution in [0.4, 0.5) is 0 Å². The first-order valence-corrected chi connectivity index (χ1v) is 11.7. The number of rotatable bonds is 8. The topological polar surface area (TPSA) is 77.5 Å². The third kappa shape index (κ3) is 6.07. The number of ether oxygens (including phenoxy) is 2. The molecule has 0 aliphatic carbocycles. The summed E-state index contributed by atoms with van der Waals surface area (Å²) < 4.78 is 10.8. The first-order valence-electron chi connectivity index (χ1n) is 11.7. The molecular weight excluding hydrogens is 436 g/mol. The second-order valence-corrected chi connectivity index (χ2v) is 8.87. The Balaban J connectivity index is 1.20. The van der Waals surface area contributed by atoms with Gasteiger partial charge >= 0.3 is 11.9 Å². The molecule has 0 amide bonds. The van der Waals surface area contributed by atoms with Crippen molar-refractivity contribution in [3.63, 3.8) is 0 Å². The first-order chi connectivity index (χ1) is 16.6. The highest BCUT2D eigenvalue weighted by Gasteiger charge is 2.32. The van der Waals surface area contributed by atoms with Crippen LogP contribution in [0.25, 0.3) is 0 Å². The minimum atomic E-state index is -0.980. The highest BCUT2D eigenvalue weighted by atomic mass is 16.8. The minimum absolute atomic E-state index is 0.314. The van der Waals surface area contributed by atoms with Crippen LogP contribution in [0.5, 0.6) is 11.5 Å². The lowest BCUT2D eigenvalue weighted by Crippen LogP contribution is -2.35. The van der Waals surface area contributed by atoms with Crippen molar-refractivity contribution in [3.05, 3.63) is 59.7 Å². The smallest absolute Gasteiger partial charge is 0.438 e. The van der Waals surface area contributed by atoms with Crippen molar-refractivity contribution < 1.29 is 28.7 Å². The highest BCUT2D eigenvalue weighted by Crippen LogP contribution is 2.27. The van der Waals surface area contributed by atoms with E-state index in [2.05, 4.69) is 0 Å². The third-order valence-corrected chi connectivity index (χ3v) is 6.49. The standard InChI is InChI=1S/C26H32N2O6/c1-31-23-9-5-3-7-21(23)15-19-11-13-27(17-19)33-25(29)26(30)34-28-14-12-20(18-28)16-22-8-4-6-10-24(22)32-2/h3-10,19-20H,11-18H2,1-2H3. The van der Waals surface area contributed by atoms with Crippen molar-refractivity contribution in [2.24, 2.45) is 11.8 Å². The molecule has 0 bridgehead atoms. The molecule has 0 radical (unpaired) electrons. The van der Waals surface area contributed by atoms with Crippen molar-refractivity contribution in [3.8, 4) is 11.5 Å². The molecule has 2 heterocycles. The molecule has 0 spiro atoms. The Kier molecular flexibility index (Phi) is 8.03. The van der Waals surface area contributed by atoms with Crippen molar-refractivity contribution in [2.75, 3.05) is 40.4 Å². The fraction of sp³-hybridized carbons (Fsp3) is 0.462. The summed E-state index contributed by atoms with van der Waals surface area (Å²) in [6.07, 6.45) is 3.39. The van der Waals surface area contributed by atoms with E-state index < -0.39 is 11.9 Å². The Labute approximate surface area is 200 Å². The van der Waals surface area contributed by atoms with E-state index in [9.17, 15) is 9.59 Å². The minimum Gasteiger partial charge on any atom is -0.496 e. The summed E-state index contributed by atoms with van der Waals surface area (Å²) in [6, 6.07) is 15.8. The molecule has 34 heavy (non-hydrogen) atoms. The van der Waals surface area contributed by atoms with Gasteiger partial charge in [-0.15, -0.1) is 10.1 Å². The summed E-state index contributed by atoms with van der Waals surface area (Å²) in [6.45, 7) is 2.32. The summed E-state index contributed by atoms with van der Waals surface area (Å²) >= 11 is 0. The molecule has 8 nitrogen and oxygen atoms in total. The Hall–Kier alpha value is -3.10. The fourth-order valence-corrected chi connectivity index (χ4v) is 4.77. The van der Waals surface area contributed by atoms with Crippen molar-refractivity contribution in [1.82, 2.24) is 10.1 Å². The lowest BCUT2D eigenvalue weighted by atomic mass is 9.98. The van der Waals surface area contributed by atoms with Crippen LogP contribution in [0.15, 0.2) is 48.5 Å². The van der Waals surface area contributed by atoms with Crippen molar-refractivity contribution in [1.29, 1.82) is 0 Å².